The van der Waals surface area contributed by atoms with Gasteiger partial charge in [0.05, 0.1) is 0 Å². The number of halogens is 1. The molecule has 0 aliphatic carbocycles. The van der Waals surface area contributed by atoms with Crippen LogP contribution in [0.4, 0.5) is 5.69 Å². The summed E-state index contributed by atoms with van der Waals surface area (Å²) in [6, 6.07) is 19.7. The zero-order valence-electron chi connectivity index (χ0n) is 13.2. The molecule has 0 bridgehead atoms. The fourth-order valence-electron chi connectivity index (χ4n) is 2.74. The molecule has 0 spiro atoms. The lowest BCUT2D eigenvalue weighted by atomic mass is 9.86. The lowest BCUT2D eigenvalue weighted by Crippen LogP contribution is -2.07. The molecule has 0 radical (unpaired) electrons. The maximum absolute atomic E-state index is 11.2. The van der Waals surface area contributed by atoms with E-state index in [9.17, 15) is 4.79 Å². The number of hydrogen-bond acceptors (Lipinski definition) is 2. The molecular formula is C20H17ClN2O. The highest BCUT2D eigenvalue weighted by molar-refractivity contribution is 6.30. The average Bonchev–Trinajstić information content (AvgIpc) is 2.59. The molecule has 0 saturated heterocycles. The highest BCUT2D eigenvalue weighted by Gasteiger charge is 2.17. The number of nitrogens with zero attached hydrogens (tertiary/aromatic N) is 1. The minimum atomic E-state index is -0.0794. The fourth-order valence-corrected chi connectivity index (χ4v) is 2.87. The molecule has 1 atom stereocenters. The van der Waals surface area contributed by atoms with Crippen LogP contribution in [0, 0.1) is 0 Å². The second-order valence-electron chi connectivity index (χ2n) is 5.57. The van der Waals surface area contributed by atoms with Gasteiger partial charge in [-0.15, -0.1) is 0 Å². The number of anilines is 1. The summed E-state index contributed by atoms with van der Waals surface area (Å²) in [7, 11) is 0. The van der Waals surface area contributed by atoms with Gasteiger partial charge in [-0.1, -0.05) is 41.9 Å². The standard InChI is InChI=1S/C20H17ClN2O/c1-14(24)23-19-10-6-16(7-11-19)20(17-3-2-12-22-13-17)15-4-8-18(21)9-5-15/h2-13,20H,1H3,(H,23,24). The van der Waals surface area contributed by atoms with E-state index in [-0.39, 0.29) is 11.8 Å². The Kier molecular flexibility index (Phi) is 4.92. The van der Waals surface area contributed by atoms with Crippen LogP contribution in [0.1, 0.15) is 29.5 Å². The molecule has 3 rings (SSSR count). The number of hydrogen-bond donors (Lipinski definition) is 1. The van der Waals surface area contributed by atoms with E-state index in [1.165, 1.54) is 6.92 Å². The van der Waals surface area contributed by atoms with Gasteiger partial charge in [0, 0.05) is 35.9 Å². The number of benzene rings is 2. The van der Waals surface area contributed by atoms with E-state index in [4.69, 9.17) is 11.6 Å². The van der Waals surface area contributed by atoms with Gasteiger partial charge in [0.2, 0.25) is 5.91 Å². The van der Waals surface area contributed by atoms with Crippen LogP contribution in [0.3, 0.4) is 0 Å². The highest BCUT2D eigenvalue weighted by Crippen LogP contribution is 2.32. The number of rotatable bonds is 4. The SMILES string of the molecule is CC(=O)Nc1ccc(C(c2ccc(Cl)cc2)c2cccnc2)cc1. The van der Waals surface area contributed by atoms with E-state index in [2.05, 4.69) is 16.4 Å². The average molecular weight is 337 g/mol. The van der Waals surface area contributed by atoms with Gasteiger partial charge in [-0.05, 0) is 47.0 Å². The minimum Gasteiger partial charge on any atom is -0.326 e. The van der Waals surface area contributed by atoms with Crippen LogP contribution in [0.25, 0.3) is 0 Å². The fraction of sp³-hybridized carbons (Fsp3) is 0.100. The third-order valence-corrected chi connectivity index (χ3v) is 4.04. The zero-order chi connectivity index (χ0) is 16.9. The third kappa shape index (κ3) is 3.81. The Morgan fingerprint density at radius 1 is 0.958 bits per heavy atom. The Balaban J connectivity index is 2.01. The maximum atomic E-state index is 11.2. The van der Waals surface area contributed by atoms with Gasteiger partial charge in [-0.25, -0.2) is 0 Å². The second kappa shape index (κ2) is 7.28. The quantitative estimate of drug-likeness (QED) is 0.738. The first-order valence-electron chi connectivity index (χ1n) is 7.66. The lowest BCUT2D eigenvalue weighted by molar-refractivity contribution is -0.114. The van der Waals surface area contributed by atoms with Crippen LogP contribution < -0.4 is 5.32 Å². The molecule has 1 unspecified atom stereocenters. The molecule has 4 heteroatoms. The van der Waals surface area contributed by atoms with Crippen LogP contribution in [0.2, 0.25) is 5.02 Å². The summed E-state index contributed by atoms with van der Waals surface area (Å²) in [5.74, 6) is -0.0217. The van der Waals surface area contributed by atoms with E-state index < -0.39 is 0 Å². The molecule has 0 fully saturated rings. The summed E-state index contributed by atoms with van der Waals surface area (Å²) in [5.41, 5.74) is 4.15. The van der Waals surface area contributed by atoms with Crippen molar-refractivity contribution in [3.05, 3.63) is 94.8 Å². The van der Waals surface area contributed by atoms with E-state index in [1.807, 2.05) is 60.8 Å². The Labute approximate surface area is 146 Å². The summed E-state index contributed by atoms with van der Waals surface area (Å²) in [6.45, 7) is 1.50. The first kappa shape index (κ1) is 16.2. The Hall–Kier alpha value is -2.65. The monoisotopic (exact) mass is 336 g/mol. The lowest BCUT2D eigenvalue weighted by Gasteiger charge is -2.19. The van der Waals surface area contributed by atoms with E-state index >= 15 is 0 Å². The molecule has 120 valence electrons. The van der Waals surface area contributed by atoms with Crippen LogP contribution in [-0.4, -0.2) is 10.9 Å². The normalized spacial score (nSPS) is 11.8. The molecule has 2 aromatic carbocycles. The van der Waals surface area contributed by atoms with Gasteiger partial charge in [0.15, 0.2) is 0 Å². The summed E-state index contributed by atoms with van der Waals surface area (Å²) in [4.78, 5) is 15.4. The number of aromatic nitrogens is 1. The van der Waals surface area contributed by atoms with Crippen LogP contribution >= 0.6 is 11.6 Å². The summed E-state index contributed by atoms with van der Waals surface area (Å²) in [6.07, 6.45) is 3.64. The minimum absolute atomic E-state index is 0.0577. The van der Waals surface area contributed by atoms with Gasteiger partial charge < -0.3 is 5.32 Å². The summed E-state index contributed by atoms with van der Waals surface area (Å²) in [5, 5.41) is 3.50. The first-order valence-corrected chi connectivity index (χ1v) is 8.04. The smallest absolute Gasteiger partial charge is 0.221 e. The molecule has 0 saturated carbocycles. The Morgan fingerprint density at radius 2 is 1.58 bits per heavy atom. The molecule has 1 amide bonds. The first-order chi connectivity index (χ1) is 11.6. The van der Waals surface area contributed by atoms with Gasteiger partial charge in [0.25, 0.3) is 0 Å². The van der Waals surface area contributed by atoms with E-state index in [0.29, 0.717) is 5.02 Å². The van der Waals surface area contributed by atoms with Crippen molar-refractivity contribution < 1.29 is 4.79 Å². The number of amides is 1. The van der Waals surface area contributed by atoms with Crippen molar-refractivity contribution in [3.8, 4) is 0 Å². The molecule has 0 aliphatic rings. The molecule has 1 heterocycles. The predicted octanol–water partition coefficient (Wildman–Crippen LogP) is 4.87. The van der Waals surface area contributed by atoms with Crippen LogP contribution in [0.5, 0.6) is 0 Å². The number of nitrogens with one attached hydrogen (secondary N) is 1. The van der Waals surface area contributed by atoms with Crippen molar-refractivity contribution in [2.24, 2.45) is 0 Å². The summed E-state index contributed by atoms with van der Waals surface area (Å²) < 4.78 is 0. The van der Waals surface area contributed by atoms with Crippen molar-refractivity contribution in [3.63, 3.8) is 0 Å². The number of carbonyl (C=O) groups excluding carboxylic acids is 1. The second-order valence-corrected chi connectivity index (χ2v) is 6.01. The largest absolute Gasteiger partial charge is 0.326 e. The molecular weight excluding hydrogens is 320 g/mol. The molecule has 3 aromatic rings. The van der Waals surface area contributed by atoms with Crippen molar-refractivity contribution >= 4 is 23.2 Å². The molecule has 3 nitrogen and oxygen atoms in total. The summed E-state index contributed by atoms with van der Waals surface area (Å²) >= 11 is 6.03. The third-order valence-electron chi connectivity index (χ3n) is 3.79. The number of carbonyl (C=O) groups is 1. The van der Waals surface area contributed by atoms with Gasteiger partial charge >= 0.3 is 0 Å². The number of pyridine rings is 1. The molecule has 24 heavy (non-hydrogen) atoms. The van der Waals surface area contributed by atoms with Crippen molar-refractivity contribution in [2.75, 3.05) is 5.32 Å². The Morgan fingerprint density at radius 3 is 2.12 bits per heavy atom. The van der Waals surface area contributed by atoms with E-state index in [0.717, 1.165) is 22.4 Å². The topological polar surface area (TPSA) is 42.0 Å². The predicted molar refractivity (Wildman–Crippen MR) is 97.4 cm³/mol. The van der Waals surface area contributed by atoms with Crippen LogP contribution in [0.15, 0.2) is 73.1 Å². The van der Waals surface area contributed by atoms with Crippen molar-refractivity contribution in [2.45, 2.75) is 12.8 Å². The van der Waals surface area contributed by atoms with Crippen molar-refractivity contribution in [1.29, 1.82) is 0 Å². The Bertz CT molecular complexity index is 815. The molecule has 1 aromatic heterocycles. The van der Waals surface area contributed by atoms with E-state index in [1.54, 1.807) is 6.20 Å². The van der Waals surface area contributed by atoms with Crippen LogP contribution in [-0.2, 0) is 4.79 Å². The van der Waals surface area contributed by atoms with Gasteiger partial charge in [-0.2, -0.15) is 0 Å². The van der Waals surface area contributed by atoms with Crippen molar-refractivity contribution in [1.82, 2.24) is 4.98 Å². The van der Waals surface area contributed by atoms with Gasteiger partial charge in [-0.3, -0.25) is 9.78 Å². The zero-order valence-corrected chi connectivity index (χ0v) is 14.0. The maximum Gasteiger partial charge on any atom is 0.221 e. The molecule has 0 aliphatic heterocycles. The highest BCUT2D eigenvalue weighted by atomic mass is 35.5. The molecule has 1 N–H and O–H groups in total. The van der Waals surface area contributed by atoms with Gasteiger partial charge in [0.1, 0.15) is 0 Å².